The number of benzene rings is 1. The molecule has 2 N–H and O–H groups in total. The molecule has 2 aliphatic rings. The van der Waals surface area contributed by atoms with Crippen molar-refractivity contribution >= 4 is 5.91 Å². The second-order valence-electron chi connectivity index (χ2n) is 7.02. The summed E-state index contributed by atoms with van der Waals surface area (Å²) in [6.07, 6.45) is 7.60. The average Bonchev–Trinajstić information content (AvgIpc) is 3.12. The Kier molecular flexibility index (Phi) is 5.31. The van der Waals surface area contributed by atoms with Crippen LogP contribution in [0.4, 0.5) is 4.39 Å². The highest BCUT2D eigenvalue weighted by Crippen LogP contribution is 2.45. The first-order valence-corrected chi connectivity index (χ1v) is 8.94. The molecule has 0 unspecified atom stereocenters. The number of carbonyl (C=O) groups excluding carboxylic acids is 1. The van der Waals surface area contributed by atoms with Gasteiger partial charge in [0, 0.05) is 6.54 Å². The van der Waals surface area contributed by atoms with Crippen LogP contribution in [-0.4, -0.2) is 25.5 Å². The van der Waals surface area contributed by atoms with Gasteiger partial charge in [0.15, 0.2) is 0 Å². The normalized spacial score (nSPS) is 21.3. The largest absolute Gasteiger partial charge is 0.355 e. The smallest absolute Gasteiger partial charge is 0.226 e. The van der Waals surface area contributed by atoms with E-state index in [1.807, 2.05) is 0 Å². The SMILES string of the molecule is O=C(NCCc1ccc(F)cc1)C1(C2CCCC2)CCNCC1. The summed E-state index contributed by atoms with van der Waals surface area (Å²) in [5.41, 5.74) is 0.900. The molecule has 0 spiro atoms. The molecule has 0 aromatic heterocycles. The van der Waals surface area contributed by atoms with Gasteiger partial charge < -0.3 is 10.6 Å². The number of amides is 1. The monoisotopic (exact) mass is 318 g/mol. The fourth-order valence-electron chi connectivity index (χ4n) is 4.32. The summed E-state index contributed by atoms with van der Waals surface area (Å²) in [7, 11) is 0. The minimum Gasteiger partial charge on any atom is -0.355 e. The van der Waals surface area contributed by atoms with Crippen molar-refractivity contribution in [1.82, 2.24) is 10.6 Å². The molecule has 1 aromatic carbocycles. The van der Waals surface area contributed by atoms with Gasteiger partial charge in [-0.15, -0.1) is 0 Å². The van der Waals surface area contributed by atoms with Crippen molar-refractivity contribution in [1.29, 1.82) is 0 Å². The molecule has 0 atom stereocenters. The van der Waals surface area contributed by atoms with E-state index < -0.39 is 0 Å². The minimum atomic E-state index is -0.215. The van der Waals surface area contributed by atoms with Crippen LogP contribution in [0, 0.1) is 17.2 Å². The Bertz CT molecular complexity index is 517. The fraction of sp³-hybridized carbons (Fsp3) is 0.632. The molecule has 2 fully saturated rings. The van der Waals surface area contributed by atoms with Gasteiger partial charge in [0.05, 0.1) is 5.41 Å². The van der Waals surface area contributed by atoms with Crippen LogP contribution >= 0.6 is 0 Å². The number of rotatable bonds is 5. The fourth-order valence-corrected chi connectivity index (χ4v) is 4.32. The van der Waals surface area contributed by atoms with Gasteiger partial charge in [-0.2, -0.15) is 0 Å². The van der Waals surface area contributed by atoms with Gasteiger partial charge in [0.2, 0.25) is 5.91 Å². The Morgan fingerprint density at radius 1 is 1.17 bits per heavy atom. The Labute approximate surface area is 138 Å². The third-order valence-electron chi connectivity index (χ3n) is 5.70. The minimum absolute atomic E-state index is 0.162. The summed E-state index contributed by atoms with van der Waals surface area (Å²) in [5, 5.41) is 6.56. The summed E-state index contributed by atoms with van der Waals surface area (Å²) in [6.45, 7) is 2.52. The van der Waals surface area contributed by atoms with E-state index in [0.29, 0.717) is 12.5 Å². The summed E-state index contributed by atoms with van der Waals surface area (Å²) < 4.78 is 12.9. The van der Waals surface area contributed by atoms with Crippen molar-refractivity contribution in [3.63, 3.8) is 0 Å². The van der Waals surface area contributed by atoms with Crippen LogP contribution in [0.2, 0.25) is 0 Å². The van der Waals surface area contributed by atoms with E-state index >= 15 is 0 Å². The first-order valence-electron chi connectivity index (χ1n) is 8.94. The first-order chi connectivity index (χ1) is 11.2. The Balaban J connectivity index is 1.58. The summed E-state index contributed by atoms with van der Waals surface area (Å²) >= 11 is 0. The third kappa shape index (κ3) is 3.74. The maximum Gasteiger partial charge on any atom is 0.226 e. The van der Waals surface area contributed by atoms with Crippen LogP contribution in [0.1, 0.15) is 44.1 Å². The molecular formula is C19H27FN2O. The number of hydrogen-bond donors (Lipinski definition) is 2. The number of nitrogens with one attached hydrogen (secondary N) is 2. The molecule has 4 heteroatoms. The molecule has 3 nitrogen and oxygen atoms in total. The van der Waals surface area contributed by atoms with Crippen LogP contribution in [-0.2, 0) is 11.2 Å². The highest BCUT2D eigenvalue weighted by atomic mass is 19.1. The molecule has 1 saturated heterocycles. The van der Waals surface area contributed by atoms with Crippen molar-refractivity contribution < 1.29 is 9.18 Å². The first kappa shape index (κ1) is 16.4. The van der Waals surface area contributed by atoms with Gasteiger partial charge in [0.1, 0.15) is 5.82 Å². The molecule has 1 aliphatic carbocycles. The van der Waals surface area contributed by atoms with Gasteiger partial charge >= 0.3 is 0 Å². The molecular weight excluding hydrogens is 291 g/mol. The molecule has 1 heterocycles. The van der Waals surface area contributed by atoms with E-state index in [4.69, 9.17) is 0 Å². The molecule has 3 rings (SSSR count). The molecule has 0 bridgehead atoms. The van der Waals surface area contributed by atoms with E-state index in [-0.39, 0.29) is 17.1 Å². The van der Waals surface area contributed by atoms with Crippen molar-refractivity contribution in [2.24, 2.45) is 11.3 Å². The standard InChI is InChI=1S/C19H27FN2O/c20-17-7-5-15(6-8-17)9-12-22-18(23)19(10-13-21-14-11-19)16-3-1-2-4-16/h5-8,16,21H,1-4,9-14H2,(H,22,23). The molecule has 23 heavy (non-hydrogen) atoms. The van der Waals surface area contributed by atoms with E-state index in [9.17, 15) is 9.18 Å². The van der Waals surface area contributed by atoms with Gasteiger partial charge in [-0.1, -0.05) is 25.0 Å². The average molecular weight is 318 g/mol. The van der Waals surface area contributed by atoms with Crippen molar-refractivity contribution in [3.05, 3.63) is 35.6 Å². The van der Waals surface area contributed by atoms with Crippen LogP contribution in [0.25, 0.3) is 0 Å². The van der Waals surface area contributed by atoms with Crippen LogP contribution in [0.3, 0.4) is 0 Å². The topological polar surface area (TPSA) is 41.1 Å². The van der Waals surface area contributed by atoms with Crippen molar-refractivity contribution in [2.75, 3.05) is 19.6 Å². The molecule has 126 valence electrons. The zero-order valence-electron chi connectivity index (χ0n) is 13.7. The molecule has 1 aromatic rings. The lowest BCUT2D eigenvalue weighted by atomic mass is 9.67. The van der Waals surface area contributed by atoms with E-state index in [1.54, 1.807) is 12.1 Å². The van der Waals surface area contributed by atoms with Crippen LogP contribution < -0.4 is 10.6 Å². The lowest BCUT2D eigenvalue weighted by Gasteiger charge is -2.41. The summed E-state index contributed by atoms with van der Waals surface area (Å²) in [5.74, 6) is 0.580. The number of hydrogen-bond acceptors (Lipinski definition) is 2. The number of halogens is 1. The second-order valence-corrected chi connectivity index (χ2v) is 7.02. The lowest BCUT2D eigenvalue weighted by molar-refractivity contribution is -0.136. The molecule has 0 radical (unpaired) electrons. The quantitative estimate of drug-likeness (QED) is 0.876. The van der Waals surface area contributed by atoms with E-state index in [1.165, 1.54) is 37.8 Å². The third-order valence-corrected chi connectivity index (χ3v) is 5.70. The molecule has 1 aliphatic heterocycles. The zero-order valence-corrected chi connectivity index (χ0v) is 13.7. The molecule has 1 amide bonds. The highest BCUT2D eigenvalue weighted by Gasteiger charge is 2.46. The van der Waals surface area contributed by atoms with Crippen molar-refractivity contribution in [3.8, 4) is 0 Å². The highest BCUT2D eigenvalue weighted by molar-refractivity contribution is 5.83. The maximum atomic E-state index is 13.0. The molecule has 1 saturated carbocycles. The zero-order chi connectivity index (χ0) is 16.1. The van der Waals surface area contributed by atoms with E-state index in [2.05, 4.69) is 10.6 Å². The Morgan fingerprint density at radius 3 is 2.48 bits per heavy atom. The van der Waals surface area contributed by atoms with E-state index in [0.717, 1.165) is 37.9 Å². The predicted molar refractivity (Wildman–Crippen MR) is 89.6 cm³/mol. The number of piperidine rings is 1. The number of carbonyl (C=O) groups is 1. The lowest BCUT2D eigenvalue weighted by Crippen LogP contribution is -2.51. The van der Waals surface area contributed by atoms with Gasteiger partial charge in [-0.3, -0.25) is 4.79 Å². The Morgan fingerprint density at radius 2 is 1.83 bits per heavy atom. The van der Waals surface area contributed by atoms with Gasteiger partial charge in [0.25, 0.3) is 0 Å². The Hall–Kier alpha value is -1.42. The summed E-state index contributed by atoms with van der Waals surface area (Å²) in [4.78, 5) is 13.0. The second kappa shape index (κ2) is 7.43. The van der Waals surface area contributed by atoms with Gasteiger partial charge in [-0.25, -0.2) is 4.39 Å². The summed E-state index contributed by atoms with van der Waals surface area (Å²) in [6, 6.07) is 6.53. The predicted octanol–water partition coefficient (Wildman–Crippen LogP) is 3.04. The maximum absolute atomic E-state index is 13.0. The van der Waals surface area contributed by atoms with Crippen molar-refractivity contribution in [2.45, 2.75) is 44.9 Å². The van der Waals surface area contributed by atoms with Gasteiger partial charge in [-0.05, 0) is 68.8 Å². The van der Waals surface area contributed by atoms with Crippen LogP contribution in [0.5, 0.6) is 0 Å². The van der Waals surface area contributed by atoms with Crippen LogP contribution in [0.15, 0.2) is 24.3 Å².